The minimum absolute atomic E-state index is 0.234. The van der Waals surface area contributed by atoms with E-state index in [1.54, 1.807) is 0 Å². The van der Waals surface area contributed by atoms with Gasteiger partial charge in [-0.3, -0.25) is 4.90 Å². The topological polar surface area (TPSA) is 32.7 Å². The first-order valence-electron chi connectivity index (χ1n) is 5.14. The van der Waals surface area contributed by atoms with E-state index < -0.39 is 0 Å². The standard InChI is InChI=1S/C10H19NO2/c1-10(2)4-3-5-11(10)8-6-13-7-9(8)12/h8-9,12H,3-7H2,1-2H3. The van der Waals surface area contributed by atoms with Crippen LogP contribution in [0.25, 0.3) is 0 Å². The van der Waals surface area contributed by atoms with Gasteiger partial charge in [-0.15, -0.1) is 0 Å². The molecule has 2 fully saturated rings. The van der Waals surface area contributed by atoms with Crippen molar-refractivity contribution in [1.29, 1.82) is 0 Å². The van der Waals surface area contributed by atoms with Gasteiger partial charge in [0.1, 0.15) is 0 Å². The third-order valence-corrected chi connectivity index (χ3v) is 3.39. The molecule has 2 rings (SSSR count). The Labute approximate surface area is 79.7 Å². The van der Waals surface area contributed by atoms with Crippen LogP contribution in [0.3, 0.4) is 0 Å². The molecule has 0 aromatic carbocycles. The average molecular weight is 185 g/mol. The third-order valence-electron chi connectivity index (χ3n) is 3.39. The Morgan fingerprint density at radius 2 is 2.15 bits per heavy atom. The van der Waals surface area contributed by atoms with Crippen molar-refractivity contribution in [1.82, 2.24) is 4.90 Å². The molecule has 0 saturated carbocycles. The van der Waals surface area contributed by atoms with Crippen LogP contribution < -0.4 is 0 Å². The Hall–Kier alpha value is -0.120. The van der Waals surface area contributed by atoms with E-state index in [0.29, 0.717) is 13.2 Å². The molecule has 0 aromatic heterocycles. The summed E-state index contributed by atoms with van der Waals surface area (Å²) < 4.78 is 5.28. The lowest BCUT2D eigenvalue weighted by Gasteiger charge is -2.37. The zero-order valence-corrected chi connectivity index (χ0v) is 8.49. The molecule has 2 unspecified atom stereocenters. The van der Waals surface area contributed by atoms with Crippen LogP contribution >= 0.6 is 0 Å². The highest BCUT2D eigenvalue weighted by atomic mass is 16.5. The highest BCUT2D eigenvalue weighted by Gasteiger charge is 2.41. The lowest BCUT2D eigenvalue weighted by molar-refractivity contribution is 0.0447. The Morgan fingerprint density at radius 3 is 2.62 bits per heavy atom. The molecule has 1 N–H and O–H groups in total. The normalized spacial score (nSPS) is 39.9. The summed E-state index contributed by atoms with van der Waals surface area (Å²) >= 11 is 0. The number of hydrogen-bond acceptors (Lipinski definition) is 3. The largest absolute Gasteiger partial charge is 0.389 e. The van der Waals surface area contributed by atoms with Crippen molar-refractivity contribution in [2.75, 3.05) is 19.8 Å². The van der Waals surface area contributed by atoms with Crippen molar-refractivity contribution in [3.8, 4) is 0 Å². The van der Waals surface area contributed by atoms with Gasteiger partial charge in [-0.05, 0) is 33.2 Å². The minimum Gasteiger partial charge on any atom is -0.389 e. The van der Waals surface area contributed by atoms with Gasteiger partial charge in [0, 0.05) is 5.54 Å². The molecule has 2 aliphatic heterocycles. The van der Waals surface area contributed by atoms with E-state index in [9.17, 15) is 5.11 Å². The summed E-state index contributed by atoms with van der Waals surface area (Å²) in [7, 11) is 0. The molecule has 0 bridgehead atoms. The molecule has 3 heteroatoms. The summed E-state index contributed by atoms with van der Waals surface area (Å²) in [5, 5.41) is 9.71. The van der Waals surface area contributed by atoms with Gasteiger partial charge in [-0.25, -0.2) is 0 Å². The quantitative estimate of drug-likeness (QED) is 0.650. The number of nitrogens with zero attached hydrogens (tertiary/aromatic N) is 1. The number of ether oxygens (including phenoxy) is 1. The van der Waals surface area contributed by atoms with Gasteiger partial charge >= 0.3 is 0 Å². The van der Waals surface area contributed by atoms with Crippen LogP contribution in [0.5, 0.6) is 0 Å². The molecule has 3 nitrogen and oxygen atoms in total. The molecule has 0 aliphatic carbocycles. The third kappa shape index (κ3) is 1.60. The van der Waals surface area contributed by atoms with Gasteiger partial charge in [-0.1, -0.05) is 0 Å². The summed E-state index contributed by atoms with van der Waals surface area (Å²) in [6.45, 7) is 6.83. The molecule has 2 atom stereocenters. The molecule has 2 saturated heterocycles. The van der Waals surface area contributed by atoms with E-state index >= 15 is 0 Å². The minimum atomic E-state index is -0.280. The first-order chi connectivity index (χ1) is 6.11. The number of likely N-dealkylation sites (tertiary alicyclic amines) is 1. The molecular formula is C10H19NO2. The van der Waals surface area contributed by atoms with Crippen LogP contribution in [0, 0.1) is 0 Å². The van der Waals surface area contributed by atoms with Gasteiger partial charge in [0.25, 0.3) is 0 Å². The van der Waals surface area contributed by atoms with Crippen molar-refractivity contribution in [3.05, 3.63) is 0 Å². The number of aliphatic hydroxyl groups is 1. The Kier molecular flexibility index (Phi) is 2.34. The highest BCUT2D eigenvalue weighted by Crippen LogP contribution is 2.32. The molecule has 0 radical (unpaired) electrons. The molecular weight excluding hydrogens is 166 g/mol. The summed E-state index contributed by atoms with van der Waals surface area (Å²) in [5.41, 5.74) is 0.249. The SMILES string of the molecule is CC1(C)CCCN1C1COCC1O. The van der Waals surface area contributed by atoms with Crippen LogP contribution in [-0.4, -0.2) is 47.4 Å². The number of aliphatic hydroxyl groups excluding tert-OH is 1. The second kappa shape index (κ2) is 3.23. The summed E-state index contributed by atoms with van der Waals surface area (Å²) in [6.07, 6.45) is 2.20. The lowest BCUT2D eigenvalue weighted by atomic mass is 10.00. The van der Waals surface area contributed by atoms with Gasteiger partial charge < -0.3 is 9.84 Å². The number of rotatable bonds is 1. The Bertz CT molecular complexity index is 193. The van der Waals surface area contributed by atoms with E-state index in [-0.39, 0.29) is 17.7 Å². The van der Waals surface area contributed by atoms with Gasteiger partial charge in [0.2, 0.25) is 0 Å². The maximum absolute atomic E-state index is 9.71. The summed E-state index contributed by atoms with van der Waals surface area (Å²) in [4.78, 5) is 2.41. The second-order valence-corrected chi connectivity index (χ2v) is 4.78. The van der Waals surface area contributed by atoms with Crippen molar-refractivity contribution >= 4 is 0 Å². The molecule has 13 heavy (non-hydrogen) atoms. The lowest BCUT2D eigenvalue weighted by Crippen LogP contribution is -2.50. The van der Waals surface area contributed by atoms with Crippen LogP contribution in [0.2, 0.25) is 0 Å². The summed E-state index contributed by atoms with van der Waals surface area (Å²) in [5.74, 6) is 0. The first kappa shape index (κ1) is 9.44. The van der Waals surface area contributed by atoms with Crippen LogP contribution in [-0.2, 0) is 4.74 Å². The van der Waals surface area contributed by atoms with Crippen molar-refractivity contribution < 1.29 is 9.84 Å². The predicted octanol–water partition coefficient (Wildman–Crippen LogP) is 0.620. The predicted molar refractivity (Wildman–Crippen MR) is 50.6 cm³/mol. The fourth-order valence-corrected chi connectivity index (χ4v) is 2.57. The molecule has 0 amide bonds. The zero-order chi connectivity index (χ0) is 9.47. The maximum Gasteiger partial charge on any atom is 0.0951 e. The van der Waals surface area contributed by atoms with Crippen LogP contribution in [0.15, 0.2) is 0 Å². The number of hydrogen-bond donors (Lipinski definition) is 1. The van der Waals surface area contributed by atoms with Crippen molar-refractivity contribution in [2.45, 2.75) is 44.4 Å². The Balaban J connectivity index is 2.07. The van der Waals surface area contributed by atoms with E-state index in [0.717, 1.165) is 6.54 Å². The zero-order valence-electron chi connectivity index (χ0n) is 8.49. The van der Waals surface area contributed by atoms with Gasteiger partial charge in [0.15, 0.2) is 0 Å². The molecule has 0 spiro atoms. The summed E-state index contributed by atoms with van der Waals surface area (Å²) in [6, 6.07) is 0.234. The van der Waals surface area contributed by atoms with Crippen LogP contribution in [0.4, 0.5) is 0 Å². The fourth-order valence-electron chi connectivity index (χ4n) is 2.57. The first-order valence-corrected chi connectivity index (χ1v) is 5.14. The smallest absolute Gasteiger partial charge is 0.0951 e. The van der Waals surface area contributed by atoms with Gasteiger partial charge in [0.05, 0.1) is 25.4 Å². The van der Waals surface area contributed by atoms with E-state index in [2.05, 4.69) is 18.7 Å². The average Bonchev–Trinajstić information content (AvgIpc) is 2.56. The van der Waals surface area contributed by atoms with Crippen molar-refractivity contribution in [2.24, 2.45) is 0 Å². The van der Waals surface area contributed by atoms with E-state index in [4.69, 9.17) is 4.74 Å². The van der Waals surface area contributed by atoms with Crippen LogP contribution in [0.1, 0.15) is 26.7 Å². The van der Waals surface area contributed by atoms with Gasteiger partial charge in [-0.2, -0.15) is 0 Å². The van der Waals surface area contributed by atoms with E-state index in [1.165, 1.54) is 12.8 Å². The second-order valence-electron chi connectivity index (χ2n) is 4.78. The molecule has 76 valence electrons. The molecule has 2 heterocycles. The Morgan fingerprint density at radius 1 is 1.38 bits per heavy atom. The highest BCUT2D eigenvalue weighted by molar-refractivity contribution is 4.96. The molecule has 2 aliphatic rings. The van der Waals surface area contributed by atoms with E-state index in [1.807, 2.05) is 0 Å². The fraction of sp³-hybridized carbons (Fsp3) is 1.00. The molecule has 0 aromatic rings. The monoisotopic (exact) mass is 185 g/mol. The van der Waals surface area contributed by atoms with Crippen molar-refractivity contribution in [3.63, 3.8) is 0 Å². The maximum atomic E-state index is 9.71.